The lowest BCUT2D eigenvalue weighted by atomic mass is 10.1. The highest BCUT2D eigenvalue weighted by molar-refractivity contribution is 14.0. The number of ether oxygens (including phenoxy) is 2. The van der Waals surface area contributed by atoms with Crippen molar-refractivity contribution in [2.75, 3.05) is 27.4 Å². The van der Waals surface area contributed by atoms with Gasteiger partial charge in [-0.1, -0.05) is 24.3 Å². The average Bonchev–Trinajstić information content (AvgIpc) is 2.69. The fraction of sp³-hybridized carbons (Fsp3) is 0.350. The summed E-state index contributed by atoms with van der Waals surface area (Å²) in [6.45, 7) is 3.91. The Morgan fingerprint density at radius 3 is 2.50 bits per heavy atom. The molecule has 0 atom stereocenters. The SMILES string of the molecule is CN=C(NCc1cccc(S(N)(=O)=O)c1)NCc1ccc(C)cc1OCCOC.I. The zero-order valence-electron chi connectivity index (χ0n) is 17.3. The smallest absolute Gasteiger partial charge is 0.238 e. The maximum absolute atomic E-state index is 11.5. The van der Waals surface area contributed by atoms with Gasteiger partial charge in [-0.25, -0.2) is 13.6 Å². The summed E-state index contributed by atoms with van der Waals surface area (Å²) in [6, 6.07) is 12.5. The van der Waals surface area contributed by atoms with Crippen LogP contribution in [0.2, 0.25) is 0 Å². The third-order valence-corrected chi connectivity index (χ3v) is 5.04. The van der Waals surface area contributed by atoms with Crippen LogP contribution in [0.5, 0.6) is 5.75 Å². The van der Waals surface area contributed by atoms with Crippen LogP contribution in [0, 0.1) is 6.92 Å². The summed E-state index contributed by atoms with van der Waals surface area (Å²) in [7, 11) is -0.427. The van der Waals surface area contributed by atoms with Crippen LogP contribution in [0.1, 0.15) is 16.7 Å². The Morgan fingerprint density at radius 2 is 1.83 bits per heavy atom. The van der Waals surface area contributed by atoms with Crippen LogP contribution >= 0.6 is 24.0 Å². The van der Waals surface area contributed by atoms with E-state index in [2.05, 4.69) is 15.6 Å². The highest BCUT2D eigenvalue weighted by atomic mass is 127. The van der Waals surface area contributed by atoms with Crippen LogP contribution < -0.4 is 20.5 Å². The number of sulfonamides is 1. The predicted molar refractivity (Wildman–Crippen MR) is 129 cm³/mol. The van der Waals surface area contributed by atoms with Gasteiger partial charge in [0, 0.05) is 32.8 Å². The number of aliphatic imine (C=N–C) groups is 1. The van der Waals surface area contributed by atoms with Crippen LogP contribution in [0.4, 0.5) is 0 Å². The highest BCUT2D eigenvalue weighted by Gasteiger charge is 2.09. The molecule has 0 saturated heterocycles. The zero-order valence-corrected chi connectivity index (χ0v) is 20.5. The Kier molecular flexibility index (Phi) is 11.1. The monoisotopic (exact) mass is 548 g/mol. The van der Waals surface area contributed by atoms with Crippen molar-refractivity contribution >= 4 is 40.0 Å². The molecule has 10 heteroatoms. The van der Waals surface area contributed by atoms with Gasteiger partial charge >= 0.3 is 0 Å². The minimum atomic E-state index is -3.73. The van der Waals surface area contributed by atoms with E-state index in [9.17, 15) is 8.42 Å². The number of nitrogens with one attached hydrogen (secondary N) is 2. The number of nitrogens with two attached hydrogens (primary N) is 1. The molecule has 4 N–H and O–H groups in total. The number of primary sulfonamides is 1. The summed E-state index contributed by atoms with van der Waals surface area (Å²) in [4.78, 5) is 4.28. The third kappa shape index (κ3) is 8.46. The fourth-order valence-electron chi connectivity index (χ4n) is 2.59. The molecule has 2 aromatic rings. The first-order valence-electron chi connectivity index (χ1n) is 9.11. The van der Waals surface area contributed by atoms with Crippen molar-refractivity contribution < 1.29 is 17.9 Å². The Labute approximate surface area is 195 Å². The zero-order chi connectivity index (χ0) is 21.3. The summed E-state index contributed by atoms with van der Waals surface area (Å²) < 4.78 is 33.8. The number of rotatable bonds is 9. The molecule has 0 amide bonds. The Bertz CT molecular complexity index is 952. The van der Waals surface area contributed by atoms with Gasteiger partial charge in [0.05, 0.1) is 11.5 Å². The number of hydrogen-bond acceptors (Lipinski definition) is 5. The molecule has 0 spiro atoms. The quantitative estimate of drug-likeness (QED) is 0.192. The summed E-state index contributed by atoms with van der Waals surface area (Å²) >= 11 is 0. The molecule has 0 aliphatic heterocycles. The van der Waals surface area contributed by atoms with Gasteiger partial charge in [0.15, 0.2) is 5.96 Å². The first kappa shape index (κ1) is 26.1. The van der Waals surface area contributed by atoms with E-state index in [-0.39, 0.29) is 28.9 Å². The molecule has 2 rings (SSSR count). The van der Waals surface area contributed by atoms with E-state index >= 15 is 0 Å². The average molecular weight is 548 g/mol. The van der Waals surface area contributed by atoms with E-state index in [4.69, 9.17) is 14.6 Å². The second-order valence-corrected chi connectivity index (χ2v) is 7.99. The van der Waals surface area contributed by atoms with Gasteiger partial charge in [0.1, 0.15) is 12.4 Å². The van der Waals surface area contributed by atoms with Crippen molar-refractivity contribution in [1.29, 1.82) is 0 Å². The van der Waals surface area contributed by atoms with Gasteiger partial charge in [-0.05, 0) is 36.2 Å². The Balaban J connectivity index is 0.00000450. The molecule has 2 aromatic carbocycles. The molecule has 0 aliphatic rings. The van der Waals surface area contributed by atoms with Crippen molar-refractivity contribution in [3.8, 4) is 5.75 Å². The van der Waals surface area contributed by atoms with Gasteiger partial charge in [-0.3, -0.25) is 4.99 Å². The largest absolute Gasteiger partial charge is 0.491 e. The highest BCUT2D eigenvalue weighted by Crippen LogP contribution is 2.20. The Morgan fingerprint density at radius 1 is 1.10 bits per heavy atom. The lowest BCUT2D eigenvalue weighted by Crippen LogP contribution is -2.36. The van der Waals surface area contributed by atoms with E-state index < -0.39 is 10.0 Å². The molecule has 0 bridgehead atoms. The molecule has 0 radical (unpaired) electrons. The van der Waals surface area contributed by atoms with Gasteiger partial charge < -0.3 is 20.1 Å². The number of hydrogen-bond donors (Lipinski definition) is 3. The number of aryl methyl sites for hydroxylation is 1. The predicted octanol–water partition coefficient (Wildman–Crippen LogP) is 2.15. The molecule has 0 fully saturated rings. The number of benzene rings is 2. The lowest BCUT2D eigenvalue weighted by Gasteiger charge is -2.15. The lowest BCUT2D eigenvalue weighted by molar-refractivity contribution is 0.145. The number of guanidine groups is 1. The van der Waals surface area contributed by atoms with Crippen LogP contribution in [-0.4, -0.2) is 41.7 Å². The minimum absolute atomic E-state index is 0. The standard InChI is InChI=1S/C20H28N4O4S.HI/c1-15-7-8-17(19(11-15)28-10-9-27-3)14-24-20(22-2)23-13-16-5-4-6-18(12-16)29(21,25)26;/h4-8,11-12H,9-10,13-14H2,1-3H3,(H2,21,25,26)(H2,22,23,24);1H. The second kappa shape index (κ2) is 12.7. The second-order valence-electron chi connectivity index (χ2n) is 6.42. The maximum atomic E-state index is 11.5. The Hall–Kier alpha value is -1.89. The molecule has 166 valence electrons. The van der Waals surface area contributed by atoms with Crippen molar-refractivity contribution in [2.45, 2.75) is 24.9 Å². The molecule has 0 unspecified atom stereocenters. The number of nitrogens with zero attached hydrogens (tertiary/aromatic N) is 1. The van der Waals surface area contributed by atoms with E-state index in [1.54, 1.807) is 20.2 Å². The normalized spacial score (nSPS) is 11.5. The molecular weight excluding hydrogens is 519 g/mol. The summed E-state index contributed by atoms with van der Waals surface area (Å²) in [6.07, 6.45) is 0. The topological polar surface area (TPSA) is 115 Å². The maximum Gasteiger partial charge on any atom is 0.238 e. The first-order chi connectivity index (χ1) is 13.8. The first-order valence-corrected chi connectivity index (χ1v) is 10.7. The van der Waals surface area contributed by atoms with Crippen LogP contribution in [0.15, 0.2) is 52.4 Å². The van der Waals surface area contributed by atoms with Gasteiger partial charge in [-0.15, -0.1) is 24.0 Å². The van der Waals surface area contributed by atoms with Gasteiger partial charge in [0.2, 0.25) is 10.0 Å². The summed E-state index contributed by atoms with van der Waals surface area (Å²) in [5.41, 5.74) is 2.88. The number of halogens is 1. The van der Waals surface area contributed by atoms with E-state index in [1.807, 2.05) is 31.2 Å². The number of methoxy groups -OCH3 is 1. The molecule has 0 aromatic heterocycles. The summed E-state index contributed by atoms with van der Waals surface area (Å²) in [5, 5.41) is 11.6. The molecule has 0 aliphatic carbocycles. The van der Waals surface area contributed by atoms with Crippen LogP contribution in [0.25, 0.3) is 0 Å². The van der Waals surface area contributed by atoms with Crippen molar-refractivity contribution in [3.63, 3.8) is 0 Å². The van der Waals surface area contributed by atoms with Crippen molar-refractivity contribution in [2.24, 2.45) is 10.1 Å². The molecule has 0 saturated carbocycles. The van der Waals surface area contributed by atoms with E-state index in [0.29, 0.717) is 32.3 Å². The molecule has 30 heavy (non-hydrogen) atoms. The molecule has 0 heterocycles. The summed E-state index contributed by atoms with van der Waals surface area (Å²) in [5.74, 6) is 1.38. The third-order valence-electron chi connectivity index (χ3n) is 4.12. The van der Waals surface area contributed by atoms with Gasteiger partial charge in [-0.2, -0.15) is 0 Å². The van der Waals surface area contributed by atoms with E-state index in [0.717, 1.165) is 22.4 Å². The van der Waals surface area contributed by atoms with Crippen LogP contribution in [-0.2, 0) is 27.8 Å². The minimum Gasteiger partial charge on any atom is -0.491 e. The van der Waals surface area contributed by atoms with E-state index in [1.165, 1.54) is 12.1 Å². The molecule has 8 nitrogen and oxygen atoms in total. The fourth-order valence-corrected chi connectivity index (χ4v) is 3.18. The van der Waals surface area contributed by atoms with Crippen molar-refractivity contribution in [3.05, 3.63) is 59.2 Å². The van der Waals surface area contributed by atoms with Crippen LogP contribution in [0.3, 0.4) is 0 Å². The molecular formula is C20H29IN4O4S. The van der Waals surface area contributed by atoms with Gasteiger partial charge in [0.25, 0.3) is 0 Å². The van der Waals surface area contributed by atoms with Crippen molar-refractivity contribution in [1.82, 2.24) is 10.6 Å².